The van der Waals surface area contributed by atoms with E-state index < -0.39 is 11.6 Å². The van der Waals surface area contributed by atoms with Crippen LogP contribution in [0.3, 0.4) is 0 Å². The molecule has 0 saturated carbocycles. The summed E-state index contributed by atoms with van der Waals surface area (Å²) in [5.74, 6) is 4.22. The highest BCUT2D eigenvalue weighted by molar-refractivity contribution is 5.49. The third-order valence-corrected chi connectivity index (χ3v) is 5.16. The van der Waals surface area contributed by atoms with E-state index in [1.54, 1.807) is 24.3 Å². The van der Waals surface area contributed by atoms with Crippen LogP contribution in [0.2, 0.25) is 0 Å². The lowest BCUT2D eigenvalue weighted by Gasteiger charge is -2.03. The van der Waals surface area contributed by atoms with Crippen molar-refractivity contribution in [3.8, 4) is 11.8 Å². The number of hydrogen-bond donors (Lipinski definition) is 0. The third kappa shape index (κ3) is 6.85. The lowest BCUT2D eigenvalue weighted by molar-refractivity contribution is 0.572. The SMILES string of the molecule is CCCCc1ccc(N=Nc2ccc(C#Cc3c(F)cc(CCCC)cc3F)cc2)cc1. The smallest absolute Gasteiger partial charge is 0.142 e. The summed E-state index contributed by atoms with van der Waals surface area (Å²) in [7, 11) is 0. The number of halogens is 2. The molecule has 4 heteroatoms. The van der Waals surface area contributed by atoms with Crippen molar-refractivity contribution in [2.75, 3.05) is 0 Å². The molecule has 0 unspecified atom stereocenters. The fourth-order valence-corrected chi connectivity index (χ4v) is 3.24. The van der Waals surface area contributed by atoms with Gasteiger partial charge in [0.05, 0.1) is 16.9 Å². The van der Waals surface area contributed by atoms with E-state index in [1.165, 1.54) is 30.5 Å². The van der Waals surface area contributed by atoms with Crippen LogP contribution in [0.25, 0.3) is 0 Å². The van der Waals surface area contributed by atoms with Gasteiger partial charge in [-0.05, 0) is 85.3 Å². The summed E-state index contributed by atoms with van der Waals surface area (Å²) < 4.78 is 28.6. The minimum atomic E-state index is -0.616. The molecule has 3 aromatic carbocycles. The molecule has 2 nitrogen and oxygen atoms in total. The van der Waals surface area contributed by atoms with Gasteiger partial charge in [-0.25, -0.2) is 8.78 Å². The van der Waals surface area contributed by atoms with Crippen LogP contribution < -0.4 is 0 Å². The van der Waals surface area contributed by atoms with Crippen LogP contribution in [-0.2, 0) is 12.8 Å². The molecule has 0 spiro atoms. The number of aryl methyl sites for hydroxylation is 2. The first-order chi connectivity index (χ1) is 15.6. The molecular formula is C28H28F2N2. The van der Waals surface area contributed by atoms with Crippen LogP contribution in [0.5, 0.6) is 0 Å². The van der Waals surface area contributed by atoms with E-state index >= 15 is 0 Å². The van der Waals surface area contributed by atoms with E-state index in [9.17, 15) is 8.78 Å². The van der Waals surface area contributed by atoms with Crippen molar-refractivity contribution in [3.63, 3.8) is 0 Å². The molecule has 0 fully saturated rings. The minimum Gasteiger partial charge on any atom is -0.206 e. The largest absolute Gasteiger partial charge is 0.206 e. The zero-order valence-corrected chi connectivity index (χ0v) is 18.7. The topological polar surface area (TPSA) is 24.7 Å². The Hall–Kier alpha value is -3.32. The van der Waals surface area contributed by atoms with Crippen molar-refractivity contribution in [2.24, 2.45) is 10.2 Å². The van der Waals surface area contributed by atoms with Gasteiger partial charge in [-0.15, -0.1) is 0 Å². The molecule has 3 rings (SSSR count). The Balaban J connectivity index is 1.66. The maximum Gasteiger partial charge on any atom is 0.142 e. The first-order valence-electron chi connectivity index (χ1n) is 11.2. The summed E-state index contributed by atoms with van der Waals surface area (Å²) in [5.41, 5.74) is 3.90. The number of rotatable bonds is 8. The highest BCUT2D eigenvalue weighted by Gasteiger charge is 2.09. The Labute approximate surface area is 189 Å². The zero-order valence-electron chi connectivity index (χ0n) is 18.7. The van der Waals surface area contributed by atoms with Gasteiger partial charge in [-0.2, -0.15) is 10.2 Å². The summed E-state index contributed by atoms with van der Waals surface area (Å²) in [6, 6.07) is 17.9. The quantitative estimate of drug-likeness (QED) is 0.253. The second-order valence-electron chi connectivity index (χ2n) is 7.80. The number of unbranched alkanes of at least 4 members (excludes halogenated alkanes) is 2. The van der Waals surface area contributed by atoms with Crippen molar-refractivity contribution in [2.45, 2.75) is 52.4 Å². The van der Waals surface area contributed by atoms with E-state index in [1.807, 2.05) is 19.1 Å². The first kappa shape index (κ1) is 23.3. The van der Waals surface area contributed by atoms with E-state index in [0.717, 1.165) is 24.9 Å². The average molecular weight is 431 g/mol. The van der Waals surface area contributed by atoms with Gasteiger partial charge in [0.25, 0.3) is 0 Å². The molecule has 3 aromatic rings. The standard InChI is InChI=1S/C28H28F2N2/c1-3-5-7-21-9-14-24(15-10-21)31-32-25-16-11-22(12-17-25)13-18-26-27(29)19-23(8-6-4-2)20-28(26)30/h9-12,14-17,19-20H,3-8H2,1-2H3. The van der Waals surface area contributed by atoms with Gasteiger partial charge in [-0.1, -0.05) is 50.7 Å². The van der Waals surface area contributed by atoms with Gasteiger partial charge in [-0.3, -0.25) is 0 Å². The van der Waals surface area contributed by atoms with E-state index in [-0.39, 0.29) is 5.56 Å². The van der Waals surface area contributed by atoms with Crippen molar-refractivity contribution in [1.29, 1.82) is 0 Å². The molecule has 0 aliphatic carbocycles. The van der Waals surface area contributed by atoms with E-state index in [2.05, 4.69) is 41.1 Å². The van der Waals surface area contributed by atoms with Gasteiger partial charge in [0.2, 0.25) is 0 Å². The van der Waals surface area contributed by atoms with Crippen molar-refractivity contribution in [1.82, 2.24) is 0 Å². The first-order valence-corrected chi connectivity index (χ1v) is 11.2. The van der Waals surface area contributed by atoms with Gasteiger partial charge in [0.1, 0.15) is 11.6 Å². The molecule has 0 amide bonds. The Bertz CT molecular complexity index is 1080. The molecule has 0 atom stereocenters. The molecule has 0 heterocycles. The maximum atomic E-state index is 14.3. The maximum absolute atomic E-state index is 14.3. The molecule has 0 aromatic heterocycles. The predicted molar refractivity (Wildman–Crippen MR) is 127 cm³/mol. The van der Waals surface area contributed by atoms with Gasteiger partial charge in [0.15, 0.2) is 0 Å². The van der Waals surface area contributed by atoms with Crippen molar-refractivity contribution in [3.05, 3.63) is 94.6 Å². The fourth-order valence-electron chi connectivity index (χ4n) is 3.24. The second-order valence-corrected chi connectivity index (χ2v) is 7.80. The third-order valence-electron chi connectivity index (χ3n) is 5.16. The summed E-state index contributed by atoms with van der Waals surface area (Å²) in [5, 5.41) is 8.51. The van der Waals surface area contributed by atoms with Gasteiger partial charge >= 0.3 is 0 Å². The Kier molecular flexibility index (Phi) is 8.69. The molecule has 32 heavy (non-hydrogen) atoms. The fraction of sp³-hybridized carbons (Fsp3) is 0.286. The Morgan fingerprint density at radius 1 is 0.656 bits per heavy atom. The summed E-state index contributed by atoms with van der Waals surface area (Å²) >= 11 is 0. The van der Waals surface area contributed by atoms with Crippen LogP contribution in [-0.4, -0.2) is 0 Å². The van der Waals surface area contributed by atoms with E-state index in [4.69, 9.17) is 0 Å². The summed E-state index contributed by atoms with van der Waals surface area (Å²) in [6.45, 7) is 4.23. The Morgan fingerprint density at radius 2 is 1.16 bits per heavy atom. The number of azo groups is 1. The monoisotopic (exact) mass is 430 g/mol. The van der Waals surface area contributed by atoms with Crippen LogP contribution in [0.1, 0.15) is 61.8 Å². The predicted octanol–water partition coefficient (Wildman–Crippen LogP) is 8.47. The molecule has 0 bridgehead atoms. The molecule has 0 aliphatic heterocycles. The van der Waals surface area contributed by atoms with Crippen LogP contribution in [0.4, 0.5) is 20.2 Å². The van der Waals surface area contributed by atoms with Crippen molar-refractivity contribution < 1.29 is 8.78 Å². The van der Waals surface area contributed by atoms with Gasteiger partial charge in [0, 0.05) is 5.56 Å². The zero-order chi connectivity index (χ0) is 22.8. The summed E-state index contributed by atoms with van der Waals surface area (Å²) in [4.78, 5) is 0. The second kappa shape index (κ2) is 11.9. The van der Waals surface area contributed by atoms with Crippen LogP contribution in [0.15, 0.2) is 70.9 Å². The highest BCUT2D eigenvalue weighted by atomic mass is 19.1. The number of hydrogen-bond acceptors (Lipinski definition) is 2. The minimum absolute atomic E-state index is 0.198. The van der Waals surface area contributed by atoms with Crippen LogP contribution in [0, 0.1) is 23.5 Å². The number of nitrogens with zero attached hydrogens (tertiary/aromatic N) is 2. The average Bonchev–Trinajstić information content (AvgIpc) is 2.81. The van der Waals surface area contributed by atoms with E-state index in [0.29, 0.717) is 23.2 Å². The van der Waals surface area contributed by atoms with Crippen LogP contribution >= 0.6 is 0 Å². The molecule has 0 aliphatic rings. The number of benzene rings is 3. The normalized spacial score (nSPS) is 10.9. The molecule has 0 radical (unpaired) electrons. The lowest BCUT2D eigenvalue weighted by atomic mass is 10.0. The lowest BCUT2D eigenvalue weighted by Crippen LogP contribution is -1.95. The molecular weight excluding hydrogens is 402 g/mol. The molecule has 0 N–H and O–H groups in total. The molecule has 0 saturated heterocycles. The highest BCUT2D eigenvalue weighted by Crippen LogP contribution is 2.20. The summed E-state index contributed by atoms with van der Waals surface area (Å²) in [6.07, 6.45) is 5.98. The van der Waals surface area contributed by atoms with Crippen molar-refractivity contribution >= 4 is 11.4 Å². The Morgan fingerprint density at radius 3 is 1.69 bits per heavy atom. The molecule has 164 valence electrons. The van der Waals surface area contributed by atoms with Gasteiger partial charge < -0.3 is 0 Å².